The van der Waals surface area contributed by atoms with Gasteiger partial charge in [-0.15, -0.1) is 0 Å². The third-order valence-electron chi connectivity index (χ3n) is 3.74. The third kappa shape index (κ3) is 6.55. The van der Waals surface area contributed by atoms with Gasteiger partial charge in [-0.3, -0.25) is 9.79 Å². The summed E-state index contributed by atoms with van der Waals surface area (Å²) < 4.78 is 12.9. The summed E-state index contributed by atoms with van der Waals surface area (Å²) in [6, 6.07) is 14.0. The molecule has 0 aliphatic rings. The zero-order valence-corrected chi connectivity index (χ0v) is 15.2. The van der Waals surface area contributed by atoms with Crippen molar-refractivity contribution in [3.63, 3.8) is 0 Å². The largest absolute Gasteiger partial charge is 0.352 e. The smallest absolute Gasteiger partial charge is 0.224 e. The average molecular weight is 356 g/mol. The lowest BCUT2D eigenvalue weighted by Crippen LogP contribution is -2.36. The minimum absolute atomic E-state index is 0.0226. The van der Waals surface area contributed by atoms with E-state index in [1.54, 1.807) is 19.2 Å². The number of aliphatic imine (C=N–C) groups is 1. The lowest BCUT2D eigenvalue weighted by Gasteiger charge is -2.13. The highest BCUT2D eigenvalue weighted by Gasteiger charge is 2.03. The van der Waals surface area contributed by atoms with Gasteiger partial charge in [0.15, 0.2) is 5.96 Å². The van der Waals surface area contributed by atoms with E-state index in [1.807, 2.05) is 31.2 Å². The first-order chi connectivity index (χ1) is 12.6. The molecule has 0 bridgehead atoms. The maximum Gasteiger partial charge on any atom is 0.224 e. The monoisotopic (exact) mass is 356 g/mol. The number of carbonyl (C=O) groups excluding carboxylic acids is 1. The second-order valence-electron chi connectivity index (χ2n) is 5.90. The molecule has 0 saturated carbocycles. The predicted octanol–water partition coefficient (Wildman–Crippen LogP) is 3.43. The molecule has 2 aromatic carbocycles. The van der Waals surface area contributed by atoms with E-state index >= 15 is 0 Å². The predicted molar refractivity (Wildman–Crippen MR) is 103 cm³/mol. The van der Waals surface area contributed by atoms with Crippen LogP contribution in [0, 0.1) is 5.82 Å². The van der Waals surface area contributed by atoms with Crippen molar-refractivity contribution >= 4 is 17.6 Å². The van der Waals surface area contributed by atoms with Crippen LogP contribution >= 0.6 is 0 Å². The summed E-state index contributed by atoms with van der Waals surface area (Å²) in [5, 5.41) is 9.30. The van der Waals surface area contributed by atoms with Crippen LogP contribution in [0.2, 0.25) is 0 Å². The average Bonchev–Trinajstić information content (AvgIpc) is 2.64. The molecule has 0 heterocycles. The quantitative estimate of drug-likeness (QED) is 0.526. The molecule has 0 spiro atoms. The minimum Gasteiger partial charge on any atom is -0.352 e. The van der Waals surface area contributed by atoms with Gasteiger partial charge in [0.25, 0.3) is 0 Å². The Balaban J connectivity index is 1.85. The summed E-state index contributed by atoms with van der Waals surface area (Å²) in [6.45, 7) is 3.10. The molecular weight excluding hydrogens is 331 g/mol. The Morgan fingerprint density at radius 2 is 1.73 bits per heavy atom. The first-order valence-corrected chi connectivity index (χ1v) is 8.68. The zero-order chi connectivity index (χ0) is 18.8. The normalized spacial score (nSPS) is 11.1. The Hall–Kier alpha value is -2.89. The number of halogens is 1. The number of carbonyl (C=O) groups is 1. The number of rotatable bonds is 7. The Bertz CT molecular complexity index is 744. The van der Waals surface area contributed by atoms with E-state index in [4.69, 9.17) is 0 Å². The fourth-order valence-electron chi connectivity index (χ4n) is 2.40. The number of hydrogen-bond acceptors (Lipinski definition) is 2. The van der Waals surface area contributed by atoms with Crippen molar-refractivity contribution in [2.45, 2.75) is 32.9 Å². The molecule has 0 radical (unpaired) electrons. The first kappa shape index (κ1) is 19.4. The molecule has 0 saturated heterocycles. The van der Waals surface area contributed by atoms with Crippen LogP contribution in [0.3, 0.4) is 0 Å². The number of benzene rings is 2. The van der Waals surface area contributed by atoms with Gasteiger partial charge >= 0.3 is 0 Å². The fraction of sp³-hybridized carbons (Fsp3) is 0.300. The molecule has 2 rings (SSSR count). The van der Waals surface area contributed by atoms with E-state index in [1.165, 1.54) is 12.1 Å². The highest BCUT2D eigenvalue weighted by atomic mass is 19.1. The second kappa shape index (κ2) is 10.2. The van der Waals surface area contributed by atoms with Crippen molar-refractivity contribution in [2.24, 2.45) is 4.99 Å². The van der Waals surface area contributed by atoms with Crippen LogP contribution in [0.25, 0.3) is 0 Å². The van der Waals surface area contributed by atoms with Crippen molar-refractivity contribution in [3.8, 4) is 0 Å². The molecule has 3 N–H and O–H groups in total. The van der Waals surface area contributed by atoms with E-state index in [2.05, 4.69) is 20.9 Å². The lowest BCUT2D eigenvalue weighted by molar-refractivity contribution is -0.116. The number of guanidine groups is 1. The molecule has 5 nitrogen and oxygen atoms in total. The molecule has 0 aliphatic carbocycles. The van der Waals surface area contributed by atoms with Gasteiger partial charge < -0.3 is 16.0 Å². The Morgan fingerprint density at radius 3 is 2.38 bits per heavy atom. The number of nitrogens with zero attached hydrogens (tertiary/aromatic N) is 1. The Kier molecular flexibility index (Phi) is 7.61. The number of amides is 1. The molecule has 6 heteroatoms. The minimum atomic E-state index is -0.248. The van der Waals surface area contributed by atoms with Gasteiger partial charge in [0, 0.05) is 32.2 Å². The summed E-state index contributed by atoms with van der Waals surface area (Å²) in [7, 11) is 1.70. The third-order valence-corrected chi connectivity index (χ3v) is 3.74. The Morgan fingerprint density at radius 1 is 1.04 bits per heavy atom. The van der Waals surface area contributed by atoms with E-state index in [9.17, 15) is 9.18 Å². The molecule has 1 amide bonds. The van der Waals surface area contributed by atoms with Crippen LogP contribution in [0.15, 0.2) is 53.5 Å². The van der Waals surface area contributed by atoms with Crippen molar-refractivity contribution in [2.75, 3.05) is 12.4 Å². The van der Waals surface area contributed by atoms with Gasteiger partial charge in [0.05, 0.1) is 0 Å². The van der Waals surface area contributed by atoms with Gasteiger partial charge in [0.1, 0.15) is 5.82 Å². The maximum absolute atomic E-state index is 12.9. The molecule has 0 aromatic heterocycles. The number of nitrogens with one attached hydrogen (secondary N) is 3. The van der Waals surface area contributed by atoms with Crippen molar-refractivity contribution in [1.29, 1.82) is 0 Å². The SMILES string of the molecule is CCCC(=O)Nc1cccc(CNC(=NC)NCc2ccc(F)cc2)c1. The molecule has 0 atom stereocenters. The highest BCUT2D eigenvalue weighted by molar-refractivity contribution is 5.90. The summed E-state index contributed by atoms with van der Waals surface area (Å²) in [4.78, 5) is 15.9. The van der Waals surface area contributed by atoms with E-state index in [-0.39, 0.29) is 11.7 Å². The van der Waals surface area contributed by atoms with Gasteiger partial charge in [0.2, 0.25) is 5.91 Å². The molecule has 26 heavy (non-hydrogen) atoms. The summed E-state index contributed by atoms with van der Waals surface area (Å²) >= 11 is 0. The van der Waals surface area contributed by atoms with E-state index < -0.39 is 0 Å². The Labute approximate surface area is 153 Å². The molecule has 0 unspecified atom stereocenters. The van der Waals surface area contributed by atoms with Crippen LogP contribution in [-0.2, 0) is 17.9 Å². The van der Waals surface area contributed by atoms with Crippen LogP contribution in [0.5, 0.6) is 0 Å². The summed E-state index contributed by atoms with van der Waals surface area (Å²) in [6.07, 6.45) is 1.34. The molecular formula is C20H25FN4O. The van der Waals surface area contributed by atoms with E-state index in [0.29, 0.717) is 25.5 Å². The van der Waals surface area contributed by atoms with Crippen LogP contribution in [0.4, 0.5) is 10.1 Å². The second-order valence-corrected chi connectivity index (χ2v) is 5.90. The standard InChI is InChI=1S/C20H25FN4O/c1-3-5-19(26)25-18-7-4-6-16(12-18)14-24-20(22-2)23-13-15-8-10-17(21)11-9-15/h4,6-12H,3,5,13-14H2,1-2H3,(H,25,26)(H2,22,23,24). The van der Waals surface area contributed by atoms with Gasteiger partial charge in [-0.05, 0) is 41.8 Å². The van der Waals surface area contributed by atoms with Crippen LogP contribution < -0.4 is 16.0 Å². The van der Waals surface area contributed by atoms with Crippen molar-refractivity contribution in [3.05, 3.63) is 65.5 Å². The molecule has 2 aromatic rings. The van der Waals surface area contributed by atoms with Crippen molar-refractivity contribution < 1.29 is 9.18 Å². The maximum atomic E-state index is 12.9. The molecule has 0 fully saturated rings. The summed E-state index contributed by atoms with van der Waals surface area (Å²) in [5.74, 6) is 0.422. The summed E-state index contributed by atoms with van der Waals surface area (Å²) in [5.41, 5.74) is 2.79. The lowest BCUT2D eigenvalue weighted by atomic mass is 10.2. The topological polar surface area (TPSA) is 65.5 Å². The number of hydrogen-bond donors (Lipinski definition) is 3. The fourth-order valence-corrected chi connectivity index (χ4v) is 2.40. The van der Waals surface area contributed by atoms with Crippen molar-refractivity contribution in [1.82, 2.24) is 10.6 Å². The van der Waals surface area contributed by atoms with Crippen LogP contribution in [-0.4, -0.2) is 18.9 Å². The molecule has 138 valence electrons. The van der Waals surface area contributed by atoms with E-state index in [0.717, 1.165) is 23.2 Å². The zero-order valence-electron chi connectivity index (χ0n) is 15.2. The van der Waals surface area contributed by atoms with Gasteiger partial charge in [-0.1, -0.05) is 31.2 Å². The van der Waals surface area contributed by atoms with Gasteiger partial charge in [-0.2, -0.15) is 0 Å². The number of anilines is 1. The van der Waals surface area contributed by atoms with Gasteiger partial charge in [-0.25, -0.2) is 4.39 Å². The van der Waals surface area contributed by atoms with Crippen LogP contribution in [0.1, 0.15) is 30.9 Å². The molecule has 0 aliphatic heterocycles. The first-order valence-electron chi connectivity index (χ1n) is 8.68. The highest BCUT2D eigenvalue weighted by Crippen LogP contribution is 2.11.